The number of methoxy groups -OCH3 is 1. The average Bonchev–Trinajstić information content (AvgIpc) is 2.70. The third kappa shape index (κ3) is 6.91. The number of alkyl carbamates (subject to hydrolysis) is 1. The van der Waals surface area contributed by atoms with E-state index in [-0.39, 0.29) is 39.7 Å². The van der Waals surface area contributed by atoms with Gasteiger partial charge < -0.3 is 35.1 Å². The maximum absolute atomic E-state index is 12.8. The molecule has 1 aliphatic heterocycles. The van der Waals surface area contributed by atoms with Crippen molar-refractivity contribution in [2.45, 2.75) is 51.1 Å². The van der Waals surface area contributed by atoms with E-state index >= 15 is 0 Å². The molecular formula is C21H28N2O9S. The number of carbonyl (C=O) groups excluding carboxylic acids is 4. The van der Waals surface area contributed by atoms with Crippen LogP contribution in [0, 0.1) is 6.92 Å². The van der Waals surface area contributed by atoms with Gasteiger partial charge in [0.15, 0.2) is 0 Å². The molecule has 182 valence electrons. The van der Waals surface area contributed by atoms with Crippen LogP contribution in [0.1, 0.15) is 42.3 Å². The quantitative estimate of drug-likeness (QED) is 0.356. The van der Waals surface area contributed by atoms with Crippen LogP contribution < -0.4 is 10.6 Å². The summed E-state index contributed by atoms with van der Waals surface area (Å²) >= 11 is 1.14. The van der Waals surface area contributed by atoms with Gasteiger partial charge in [0.2, 0.25) is 5.91 Å². The van der Waals surface area contributed by atoms with Gasteiger partial charge in [0.25, 0.3) is 0 Å². The SMILES string of the molecule is COC(=O)[C@@H]1CSCc2c(O)cc(O)c(C)c2C(=O)OCC(NC(=O)OC(C)(C)C)C(=O)N1. The van der Waals surface area contributed by atoms with Crippen LogP contribution in [0.3, 0.4) is 0 Å². The molecule has 0 aromatic heterocycles. The Labute approximate surface area is 195 Å². The number of thioether (sulfide) groups is 1. The lowest BCUT2D eigenvalue weighted by Crippen LogP contribution is -2.55. The van der Waals surface area contributed by atoms with Crippen LogP contribution in [0.5, 0.6) is 11.5 Å². The van der Waals surface area contributed by atoms with Crippen molar-refractivity contribution in [1.29, 1.82) is 0 Å². The Morgan fingerprint density at radius 1 is 1.24 bits per heavy atom. The second kappa shape index (κ2) is 10.6. The first-order valence-corrected chi connectivity index (χ1v) is 11.2. The van der Waals surface area contributed by atoms with E-state index in [9.17, 15) is 29.4 Å². The van der Waals surface area contributed by atoms with Crippen molar-refractivity contribution in [3.05, 3.63) is 22.8 Å². The molecule has 1 aromatic rings. The van der Waals surface area contributed by atoms with Crippen LogP contribution in [-0.4, -0.2) is 71.3 Å². The molecule has 1 unspecified atom stereocenters. The zero-order valence-corrected chi connectivity index (χ0v) is 19.8. The molecule has 0 spiro atoms. The summed E-state index contributed by atoms with van der Waals surface area (Å²) < 4.78 is 15.2. The lowest BCUT2D eigenvalue weighted by atomic mass is 10.0. The van der Waals surface area contributed by atoms with Crippen molar-refractivity contribution < 1.29 is 43.6 Å². The molecule has 12 heteroatoms. The summed E-state index contributed by atoms with van der Waals surface area (Å²) in [6.45, 7) is 5.79. The highest BCUT2D eigenvalue weighted by atomic mass is 32.2. The third-order valence-corrected chi connectivity index (χ3v) is 5.63. The van der Waals surface area contributed by atoms with Crippen LogP contribution in [0.2, 0.25) is 0 Å². The van der Waals surface area contributed by atoms with E-state index in [1.807, 2.05) is 0 Å². The Bertz CT molecular complexity index is 943. The summed E-state index contributed by atoms with van der Waals surface area (Å²) in [4.78, 5) is 50.1. The van der Waals surface area contributed by atoms with E-state index in [0.717, 1.165) is 17.8 Å². The number of benzene rings is 1. The number of amides is 2. The normalized spacial score (nSPS) is 19.7. The molecule has 0 radical (unpaired) electrons. The number of nitrogens with one attached hydrogen (secondary N) is 2. The van der Waals surface area contributed by atoms with E-state index in [1.165, 1.54) is 14.0 Å². The summed E-state index contributed by atoms with van der Waals surface area (Å²) in [7, 11) is 1.17. The number of aromatic hydroxyl groups is 2. The number of fused-ring (bicyclic) bond motifs is 1. The third-order valence-electron chi connectivity index (χ3n) is 4.57. The first-order chi connectivity index (χ1) is 15.3. The van der Waals surface area contributed by atoms with Crippen molar-refractivity contribution >= 4 is 35.7 Å². The van der Waals surface area contributed by atoms with Gasteiger partial charge in [-0.1, -0.05) is 0 Å². The van der Waals surface area contributed by atoms with Gasteiger partial charge in [-0.15, -0.1) is 0 Å². The van der Waals surface area contributed by atoms with Crippen LogP contribution >= 0.6 is 11.8 Å². The highest BCUT2D eigenvalue weighted by Crippen LogP contribution is 2.35. The smallest absolute Gasteiger partial charge is 0.408 e. The minimum absolute atomic E-state index is 0.0470. The number of hydrogen-bond donors (Lipinski definition) is 4. The van der Waals surface area contributed by atoms with E-state index in [0.29, 0.717) is 0 Å². The summed E-state index contributed by atoms with van der Waals surface area (Å²) in [5.74, 6) is -2.91. The van der Waals surface area contributed by atoms with Crippen molar-refractivity contribution in [2.24, 2.45) is 0 Å². The van der Waals surface area contributed by atoms with E-state index in [2.05, 4.69) is 10.6 Å². The summed E-state index contributed by atoms with van der Waals surface area (Å²) in [5.41, 5.74) is -0.533. The number of phenolic OH excluding ortho intramolecular Hbond substituents is 2. The number of esters is 2. The fraction of sp³-hybridized carbons (Fsp3) is 0.524. The second-order valence-electron chi connectivity index (χ2n) is 8.29. The lowest BCUT2D eigenvalue weighted by Gasteiger charge is -2.25. The maximum Gasteiger partial charge on any atom is 0.408 e. The molecule has 1 aromatic carbocycles. The Morgan fingerprint density at radius 3 is 2.52 bits per heavy atom. The maximum atomic E-state index is 12.8. The number of carbonyl (C=O) groups is 4. The molecule has 0 aliphatic carbocycles. The van der Waals surface area contributed by atoms with Crippen molar-refractivity contribution in [3.63, 3.8) is 0 Å². The molecule has 1 aliphatic rings. The van der Waals surface area contributed by atoms with E-state index < -0.39 is 48.2 Å². The molecule has 4 N–H and O–H groups in total. The Kier molecular flexibility index (Phi) is 8.42. The topological polar surface area (TPSA) is 160 Å². The standard InChI is InChI=1S/C21H28N2O9S/c1-10-14(24)6-15(25)11-8-33-9-13(18(27)30-5)22-17(26)12(7-31-19(28)16(10)11)23-20(29)32-21(2,3)4/h6,12-13,24-25H,7-9H2,1-5H3,(H,22,26)(H,23,29)/t12?,13-/m0/s1. The molecule has 33 heavy (non-hydrogen) atoms. The van der Waals surface area contributed by atoms with Crippen LogP contribution in [-0.2, 0) is 29.6 Å². The minimum atomic E-state index is -1.39. The van der Waals surface area contributed by atoms with E-state index in [1.54, 1.807) is 20.8 Å². The number of rotatable bonds is 2. The summed E-state index contributed by atoms with van der Waals surface area (Å²) in [6, 6.07) is -1.36. The van der Waals surface area contributed by atoms with Gasteiger partial charge in [-0.25, -0.2) is 14.4 Å². The largest absolute Gasteiger partial charge is 0.508 e. The molecular weight excluding hydrogens is 456 g/mol. The average molecular weight is 485 g/mol. The van der Waals surface area contributed by atoms with Crippen LogP contribution in [0.25, 0.3) is 0 Å². The van der Waals surface area contributed by atoms with Crippen molar-refractivity contribution in [3.8, 4) is 11.5 Å². The Balaban J connectivity index is 2.42. The minimum Gasteiger partial charge on any atom is -0.508 e. The predicted octanol–water partition coefficient (Wildman–Crippen LogP) is 1.36. The van der Waals surface area contributed by atoms with Gasteiger partial charge >= 0.3 is 18.0 Å². The second-order valence-corrected chi connectivity index (χ2v) is 9.32. The molecule has 0 saturated carbocycles. The van der Waals surface area contributed by atoms with Crippen molar-refractivity contribution in [1.82, 2.24) is 10.6 Å². The number of hydrogen-bond acceptors (Lipinski definition) is 10. The first kappa shape index (κ1) is 26.1. The molecule has 2 atom stereocenters. The molecule has 2 rings (SSSR count). The Hall–Kier alpha value is -3.15. The molecule has 11 nitrogen and oxygen atoms in total. The molecule has 0 saturated heterocycles. The fourth-order valence-electron chi connectivity index (χ4n) is 2.96. The zero-order chi connectivity index (χ0) is 24.9. The molecule has 1 heterocycles. The first-order valence-electron chi connectivity index (χ1n) is 10.0. The summed E-state index contributed by atoms with van der Waals surface area (Å²) in [6.07, 6.45) is -0.929. The van der Waals surface area contributed by atoms with Gasteiger partial charge in [0.1, 0.15) is 35.8 Å². The highest BCUT2D eigenvalue weighted by Gasteiger charge is 2.32. The molecule has 0 bridgehead atoms. The van der Waals surface area contributed by atoms with Gasteiger partial charge in [-0.2, -0.15) is 11.8 Å². The van der Waals surface area contributed by atoms with Crippen molar-refractivity contribution in [2.75, 3.05) is 19.5 Å². The number of phenols is 2. The van der Waals surface area contributed by atoms with Gasteiger partial charge in [-0.3, -0.25) is 4.79 Å². The van der Waals surface area contributed by atoms with Crippen LogP contribution in [0.4, 0.5) is 4.79 Å². The van der Waals surface area contributed by atoms with E-state index in [4.69, 9.17) is 14.2 Å². The predicted molar refractivity (Wildman–Crippen MR) is 118 cm³/mol. The fourth-order valence-corrected chi connectivity index (χ4v) is 4.03. The molecule has 2 amide bonds. The number of cyclic esters (lactones) is 1. The molecule has 0 fully saturated rings. The highest BCUT2D eigenvalue weighted by molar-refractivity contribution is 7.98. The Morgan fingerprint density at radius 2 is 1.91 bits per heavy atom. The zero-order valence-electron chi connectivity index (χ0n) is 19.0. The summed E-state index contributed by atoms with van der Waals surface area (Å²) in [5, 5.41) is 25.2. The van der Waals surface area contributed by atoms with Gasteiger partial charge in [-0.05, 0) is 27.7 Å². The lowest BCUT2D eigenvalue weighted by molar-refractivity contribution is -0.144. The number of ether oxygens (including phenoxy) is 3. The van der Waals surface area contributed by atoms with Gasteiger partial charge in [0.05, 0.1) is 12.7 Å². The van der Waals surface area contributed by atoms with Crippen LogP contribution in [0.15, 0.2) is 6.07 Å². The van der Waals surface area contributed by atoms with Gasteiger partial charge in [0, 0.05) is 28.7 Å². The monoisotopic (exact) mass is 484 g/mol.